The molecule has 0 saturated carbocycles. The third kappa shape index (κ3) is 3.72. The molecule has 2 heteroatoms. The van der Waals surface area contributed by atoms with E-state index in [-0.39, 0.29) is 10.8 Å². The van der Waals surface area contributed by atoms with Crippen LogP contribution in [0.25, 0.3) is 22.3 Å². The van der Waals surface area contributed by atoms with E-state index >= 15 is 4.21 Å². The second kappa shape index (κ2) is 10.0. The average molecular weight is 631 g/mol. The van der Waals surface area contributed by atoms with E-state index in [1.807, 2.05) is 0 Å². The first kappa shape index (κ1) is 33.0. The normalized spacial score (nSPS) is 15.4. The molecule has 0 aromatic heterocycles. The Kier molecular flexibility index (Phi) is 7.18. The molecule has 4 aromatic carbocycles. The van der Waals surface area contributed by atoms with Crippen molar-refractivity contribution in [2.24, 2.45) is 0 Å². The van der Waals surface area contributed by atoms with E-state index in [4.69, 9.17) is 0 Å². The summed E-state index contributed by atoms with van der Waals surface area (Å²) in [5.74, 6) is 0. The number of benzene rings is 4. The molecule has 0 aliphatic heterocycles. The molecule has 2 aliphatic rings. The van der Waals surface area contributed by atoms with Crippen LogP contribution in [0.15, 0.2) is 9.79 Å². The fourth-order valence-electron chi connectivity index (χ4n) is 10.2. The lowest BCUT2D eigenvalue weighted by Gasteiger charge is -2.30. The number of hydrogen-bond donors (Lipinski definition) is 0. The van der Waals surface area contributed by atoms with E-state index in [0.29, 0.717) is 0 Å². The molecule has 0 bridgehead atoms. The molecular formula is C44H54OS. The standard InChI is InChI=1S/C44H54OS/c1-19-21(3)27(9)37-33(23(19)5)35-25(7)29(11)41(31(13)39(35)43(37,15)16)46(45)42-30(12)26(8)36-34-24(6)20(2)22(4)28(10)38(34)44(17,18)40(36)32(42)14/h1-18H3. The summed E-state index contributed by atoms with van der Waals surface area (Å²) in [6.45, 7) is 41.3. The van der Waals surface area contributed by atoms with Gasteiger partial charge in [-0.25, -0.2) is 4.21 Å². The van der Waals surface area contributed by atoms with Gasteiger partial charge in [0.1, 0.15) is 0 Å². The van der Waals surface area contributed by atoms with Crippen molar-refractivity contribution in [3.05, 3.63) is 100 Å². The fraction of sp³-hybridized carbons (Fsp3) is 0.455. The maximum Gasteiger partial charge on any atom is 0.0860 e. The van der Waals surface area contributed by atoms with E-state index in [1.165, 1.54) is 122 Å². The highest BCUT2D eigenvalue weighted by molar-refractivity contribution is 7.85. The van der Waals surface area contributed by atoms with Gasteiger partial charge in [-0.3, -0.25) is 0 Å². The van der Waals surface area contributed by atoms with Crippen molar-refractivity contribution in [1.29, 1.82) is 0 Å². The lowest BCUT2D eigenvalue weighted by Crippen LogP contribution is -2.21. The molecule has 0 saturated heterocycles. The zero-order chi connectivity index (χ0) is 34.4. The molecule has 0 heterocycles. The summed E-state index contributed by atoms with van der Waals surface area (Å²) in [4.78, 5) is 2.03. The van der Waals surface area contributed by atoms with Crippen LogP contribution in [0.1, 0.15) is 128 Å². The lowest BCUT2D eigenvalue weighted by molar-refractivity contribution is 0.642. The van der Waals surface area contributed by atoms with Crippen LogP contribution in [0.4, 0.5) is 0 Å². The Morgan fingerprint density at radius 1 is 0.304 bits per heavy atom. The van der Waals surface area contributed by atoms with E-state index in [0.717, 1.165) is 9.79 Å². The van der Waals surface area contributed by atoms with Crippen molar-refractivity contribution in [1.82, 2.24) is 0 Å². The minimum absolute atomic E-state index is 0.175. The SMILES string of the molecule is Cc1c(C)c(C)c2c(c1C)-c1c(C)c(C)c(S(=O)c3c(C)c(C)c4c(c3C)C(C)(C)c3c(C)c(C)c(C)c(C)c3-4)c(C)c1C2(C)C. The first-order valence-electron chi connectivity index (χ1n) is 17.1. The van der Waals surface area contributed by atoms with Gasteiger partial charge in [-0.1, -0.05) is 27.7 Å². The fourth-order valence-corrected chi connectivity index (χ4v) is 12.0. The summed E-state index contributed by atoms with van der Waals surface area (Å²) in [5, 5.41) is 0. The molecule has 0 N–H and O–H groups in total. The highest BCUT2D eigenvalue weighted by Crippen LogP contribution is 2.59. The minimum Gasteiger partial charge on any atom is -0.249 e. The van der Waals surface area contributed by atoms with Gasteiger partial charge < -0.3 is 0 Å². The Morgan fingerprint density at radius 2 is 0.522 bits per heavy atom. The third-order valence-corrected chi connectivity index (χ3v) is 15.2. The predicted octanol–water partition coefficient (Wildman–Crippen LogP) is 11.8. The van der Waals surface area contributed by atoms with Gasteiger partial charge in [-0.05, 0) is 219 Å². The van der Waals surface area contributed by atoms with Crippen LogP contribution in [0, 0.1) is 96.9 Å². The summed E-state index contributed by atoms with van der Waals surface area (Å²) in [7, 11) is -1.33. The van der Waals surface area contributed by atoms with E-state index in [1.54, 1.807) is 0 Å². The van der Waals surface area contributed by atoms with Gasteiger partial charge in [-0.2, -0.15) is 0 Å². The Hall–Kier alpha value is -2.97. The van der Waals surface area contributed by atoms with E-state index in [2.05, 4.69) is 125 Å². The lowest BCUT2D eigenvalue weighted by atomic mass is 9.76. The van der Waals surface area contributed by atoms with Crippen molar-refractivity contribution >= 4 is 10.8 Å². The largest absolute Gasteiger partial charge is 0.249 e. The van der Waals surface area contributed by atoms with Gasteiger partial charge in [0.05, 0.1) is 20.6 Å². The Balaban J connectivity index is 1.67. The Labute approximate surface area is 281 Å². The second-order valence-corrected chi connectivity index (χ2v) is 17.3. The molecule has 0 spiro atoms. The van der Waals surface area contributed by atoms with Gasteiger partial charge in [0.25, 0.3) is 0 Å². The van der Waals surface area contributed by atoms with Crippen LogP contribution in [0.5, 0.6) is 0 Å². The zero-order valence-electron chi connectivity index (χ0n) is 31.8. The van der Waals surface area contributed by atoms with Gasteiger partial charge in [-0.15, -0.1) is 0 Å². The molecule has 1 nitrogen and oxygen atoms in total. The Bertz CT molecular complexity index is 1980. The third-order valence-electron chi connectivity index (χ3n) is 13.2. The molecule has 4 aromatic rings. The predicted molar refractivity (Wildman–Crippen MR) is 199 cm³/mol. The summed E-state index contributed by atoms with van der Waals surface area (Å²) in [5.41, 5.74) is 29.3. The topological polar surface area (TPSA) is 17.1 Å². The van der Waals surface area contributed by atoms with Crippen molar-refractivity contribution in [3.63, 3.8) is 0 Å². The Morgan fingerprint density at radius 3 is 0.804 bits per heavy atom. The quantitative estimate of drug-likeness (QED) is 0.215. The van der Waals surface area contributed by atoms with Crippen molar-refractivity contribution in [2.45, 2.75) is 145 Å². The monoisotopic (exact) mass is 630 g/mol. The summed E-state index contributed by atoms with van der Waals surface area (Å²) in [6, 6.07) is 0. The molecule has 2 aliphatic carbocycles. The average Bonchev–Trinajstić information content (AvgIpc) is 3.38. The smallest absolute Gasteiger partial charge is 0.0860 e. The van der Waals surface area contributed by atoms with Crippen LogP contribution in [-0.2, 0) is 21.6 Å². The van der Waals surface area contributed by atoms with E-state index in [9.17, 15) is 0 Å². The van der Waals surface area contributed by atoms with Crippen molar-refractivity contribution < 1.29 is 4.21 Å². The second-order valence-electron chi connectivity index (χ2n) is 15.9. The maximum absolute atomic E-state index is 15.4. The molecule has 0 radical (unpaired) electrons. The highest BCUT2D eigenvalue weighted by atomic mass is 32.2. The molecule has 6 rings (SSSR count). The first-order valence-corrected chi connectivity index (χ1v) is 18.2. The number of fused-ring (bicyclic) bond motifs is 6. The molecule has 0 atom stereocenters. The summed E-state index contributed by atoms with van der Waals surface area (Å²) in [6.07, 6.45) is 0. The van der Waals surface area contributed by atoms with Gasteiger partial charge in [0, 0.05) is 10.8 Å². The van der Waals surface area contributed by atoms with Crippen LogP contribution < -0.4 is 0 Å². The first-order chi connectivity index (χ1) is 21.1. The van der Waals surface area contributed by atoms with Crippen LogP contribution >= 0.6 is 0 Å². The molecule has 0 fully saturated rings. The highest BCUT2D eigenvalue weighted by Gasteiger charge is 2.45. The number of hydrogen-bond acceptors (Lipinski definition) is 1. The molecule has 0 unspecified atom stereocenters. The maximum atomic E-state index is 15.4. The van der Waals surface area contributed by atoms with Crippen LogP contribution in [0.2, 0.25) is 0 Å². The molecule has 46 heavy (non-hydrogen) atoms. The molecular weight excluding hydrogens is 577 g/mol. The van der Waals surface area contributed by atoms with E-state index < -0.39 is 10.8 Å². The number of rotatable bonds is 2. The molecule has 242 valence electrons. The van der Waals surface area contributed by atoms with Gasteiger partial charge in [0.15, 0.2) is 0 Å². The summed E-state index contributed by atoms with van der Waals surface area (Å²) < 4.78 is 15.4. The molecule has 0 amide bonds. The minimum atomic E-state index is -1.33. The van der Waals surface area contributed by atoms with Crippen LogP contribution in [-0.4, -0.2) is 4.21 Å². The van der Waals surface area contributed by atoms with Gasteiger partial charge >= 0.3 is 0 Å². The van der Waals surface area contributed by atoms with Crippen molar-refractivity contribution in [3.8, 4) is 22.3 Å². The summed E-state index contributed by atoms with van der Waals surface area (Å²) >= 11 is 0. The van der Waals surface area contributed by atoms with Crippen molar-refractivity contribution in [2.75, 3.05) is 0 Å². The van der Waals surface area contributed by atoms with Crippen LogP contribution in [0.3, 0.4) is 0 Å². The zero-order valence-corrected chi connectivity index (χ0v) is 32.6. The van der Waals surface area contributed by atoms with Gasteiger partial charge in [0.2, 0.25) is 0 Å².